The second-order valence-electron chi connectivity index (χ2n) is 0.659. The third kappa shape index (κ3) is 3.88. The first-order valence-corrected chi connectivity index (χ1v) is 1.56. The molecular weight excluding hydrogens is 113 g/mol. The molecule has 0 heterocycles. The fraction of sp³-hybridized carbons (Fsp3) is 0.500. The summed E-state index contributed by atoms with van der Waals surface area (Å²) in [6, 6.07) is 0. The van der Waals surface area contributed by atoms with Gasteiger partial charge in [0, 0.05) is 0 Å². The van der Waals surface area contributed by atoms with Crippen molar-refractivity contribution < 1.29 is 13.2 Å². The summed E-state index contributed by atoms with van der Waals surface area (Å²) >= 11 is 3.54. The molecule has 0 saturated carbocycles. The zero-order valence-corrected chi connectivity index (χ0v) is 3.44. The highest BCUT2D eigenvalue weighted by Gasteiger charge is 2.21. The molecule has 0 aliphatic carbocycles. The van der Waals surface area contributed by atoms with Crippen LogP contribution in [0.3, 0.4) is 0 Å². The van der Waals surface area contributed by atoms with Crippen LogP contribution in [0, 0.1) is 0 Å². The number of alkyl halides is 3. The van der Waals surface area contributed by atoms with Gasteiger partial charge >= 0.3 is 6.18 Å². The van der Waals surface area contributed by atoms with Crippen molar-refractivity contribution in [1.29, 1.82) is 0 Å². The van der Waals surface area contributed by atoms with Gasteiger partial charge in [-0.25, -0.2) is 0 Å². The smallest absolute Gasteiger partial charge is 0.166 e. The number of hydrogen-bond donors (Lipinski definition) is 0. The zero-order valence-electron chi connectivity index (χ0n) is 2.62. The van der Waals surface area contributed by atoms with Crippen LogP contribution in [0.1, 0.15) is 0 Å². The van der Waals surface area contributed by atoms with Crippen LogP contribution in [-0.4, -0.2) is 11.5 Å². The lowest BCUT2D eigenvalue weighted by molar-refractivity contribution is -0.0514. The fourth-order valence-electron chi connectivity index (χ4n) is 0. The van der Waals surface area contributed by atoms with Crippen molar-refractivity contribution in [2.45, 2.75) is 6.18 Å². The predicted molar refractivity (Wildman–Crippen MR) is 19.7 cm³/mol. The monoisotopic (exact) mass is 114 g/mol. The van der Waals surface area contributed by atoms with Crippen molar-refractivity contribution in [1.82, 2.24) is 0 Å². The molecule has 0 radical (unpaired) electrons. The molecule has 0 atom stereocenters. The minimum absolute atomic E-state index is 0.229. The van der Waals surface area contributed by atoms with E-state index in [9.17, 15) is 13.2 Å². The maximum atomic E-state index is 10.6. The molecule has 0 amide bonds. The molecule has 0 spiro atoms. The van der Waals surface area contributed by atoms with Gasteiger partial charge in [-0.15, -0.1) is 0 Å². The van der Waals surface area contributed by atoms with Crippen molar-refractivity contribution in [2.75, 3.05) is 0 Å². The van der Waals surface area contributed by atoms with Crippen LogP contribution in [-0.2, 0) is 0 Å². The number of hydrogen-bond acceptors (Lipinski definition) is 1. The van der Waals surface area contributed by atoms with Gasteiger partial charge in [-0.1, -0.05) is 12.2 Å². The molecule has 4 heteroatoms. The molecule has 0 aromatic rings. The molecule has 0 N–H and O–H groups in total. The molecule has 0 unspecified atom stereocenters. The van der Waals surface area contributed by atoms with Crippen molar-refractivity contribution >= 4 is 17.6 Å². The van der Waals surface area contributed by atoms with Crippen LogP contribution in [0.4, 0.5) is 13.2 Å². The molecule has 6 heavy (non-hydrogen) atoms. The lowest BCUT2D eigenvalue weighted by atomic mass is 10.8. The van der Waals surface area contributed by atoms with E-state index in [-0.39, 0.29) is 5.37 Å². The first kappa shape index (κ1) is 5.88. The number of halogens is 3. The Hall–Kier alpha value is -0.120. The summed E-state index contributed by atoms with van der Waals surface area (Å²) < 4.78 is 31.9. The topological polar surface area (TPSA) is 0 Å². The van der Waals surface area contributed by atoms with Crippen LogP contribution < -0.4 is 0 Å². The van der Waals surface area contributed by atoms with Crippen LogP contribution in [0.15, 0.2) is 0 Å². The van der Waals surface area contributed by atoms with Crippen LogP contribution >= 0.6 is 12.2 Å². The Labute approximate surface area is 38.0 Å². The SMILES string of the molecule is FC(F)(F)C=S. The zero-order chi connectivity index (χ0) is 5.21. The normalized spacial score (nSPS) is 11.2. The van der Waals surface area contributed by atoms with Crippen LogP contribution in [0.25, 0.3) is 0 Å². The van der Waals surface area contributed by atoms with E-state index in [1.165, 1.54) is 0 Å². The molecule has 0 bridgehead atoms. The minimum Gasteiger partial charge on any atom is -0.166 e. The van der Waals surface area contributed by atoms with E-state index in [4.69, 9.17) is 0 Å². The Morgan fingerprint density at radius 2 is 1.50 bits per heavy atom. The van der Waals surface area contributed by atoms with Gasteiger partial charge in [-0.05, 0) is 0 Å². The van der Waals surface area contributed by atoms with Gasteiger partial charge in [-0.2, -0.15) is 13.2 Å². The van der Waals surface area contributed by atoms with E-state index in [1.54, 1.807) is 0 Å². The second kappa shape index (κ2) is 1.55. The molecule has 0 fully saturated rings. The number of thiocarbonyl (C=S) groups is 1. The average molecular weight is 114 g/mol. The standard InChI is InChI=1S/C2HF3S/c3-2(4,5)1-6/h1H. The van der Waals surface area contributed by atoms with E-state index in [1.807, 2.05) is 0 Å². The molecule has 0 rings (SSSR count). The average Bonchev–Trinajstić information content (AvgIpc) is 1.35. The van der Waals surface area contributed by atoms with Crippen molar-refractivity contribution in [3.8, 4) is 0 Å². The first-order chi connectivity index (χ1) is 2.56. The van der Waals surface area contributed by atoms with Crippen molar-refractivity contribution in [3.63, 3.8) is 0 Å². The highest BCUT2D eigenvalue weighted by atomic mass is 32.1. The summed E-state index contributed by atoms with van der Waals surface area (Å²) in [6.45, 7) is 0. The Balaban J connectivity index is 3.45. The molecular formula is C2HF3S. The Morgan fingerprint density at radius 3 is 1.50 bits per heavy atom. The quantitative estimate of drug-likeness (QED) is 0.430. The summed E-state index contributed by atoms with van der Waals surface area (Å²) in [7, 11) is 0. The Kier molecular flexibility index (Phi) is 1.52. The van der Waals surface area contributed by atoms with Gasteiger partial charge in [0.15, 0.2) is 0 Å². The Morgan fingerprint density at radius 1 is 1.33 bits per heavy atom. The highest BCUT2D eigenvalue weighted by molar-refractivity contribution is 7.79. The van der Waals surface area contributed by atoms with E-state index in [0.717, 1.165) is 0 Å². The molecule has 0 saturated heterocycles. The lowest BCUT2D eigenvalue weighted by Crippen LogP contribution is -2.05. The summed E-state index contributed by atoms with van der Waals surface area (Å²) in [5.41, 5.74) is 0. The van der Waals surface area contributed by atoms with Crippen LogP contribution in [0.2, 0.25) is 0 Å². The maximum Gasteiger partial charge on any atom is 0.419 e. The van der Waals surface area contributed by atoms with E-state index in [0.29, 0.717) is 0 Å². The van der Waals surface area contributed by atoms with Gasteiger partial charge in [0.1, 0.15) is 0 Å². The van der Waals surface area contributed by atoms with Gasteiger partial charge in [0.2, 0.25) is 0 Å². The van der Waals surface area contributed by atoms with Gasteiger partial charge in [0.05, 0.1) is 5.37 Å². The third-order valence-electron chi connectivity index (χ3n) is 0.134. The molecule has 0 aliphatic heterocycles. The maximum absolute atomic E-state index is 10.6. The predicted octanol–water partition coefficient (Wildman–Crippen LogP) is 1.55. The summed E-state index contributed by atoms with van der Waals surface area (Å²) in [4.78, 5) is 0. The van der Waals surface area contributed by atoms with E-state index < -0.39 is 6.18 Å². The third-order valence-corrected chi connectivity index (χ3v) is 0.401. The number of rotatable bonds is 0. The van der Waals surface area contributed by atoms with Crippen LogP contribution in [0.5, 0.6) is 0 Å². The molecule has 0 nitrogen and oxygen atoms in total. The van der Waals surface area contributed by atoms with Gasteiger partial charge < -0.3 is 0 Å². The van der Waals surface area contributed by atoms with Crippen molar-refractivity contribution in [2.24, 2.45) is 0 Å². The molecule has 36 valence electrons. The minimum atomic E-state index is -4.27. The van der Waals surface area contributed by atoms with Gasteiger partial charge in [-0.3, -0.25) is 0 Å². The van der Waals surface area contributed by atoms with E-state index in [2.05, 4.69) is 12.2 Å². The summed E-state index contributed by atoms with van der Waals surface area (Å²) in [5.74, 6) is 0. The Bertz CT molecular complexity index is 54.3. The highest BCUT2D eigenvalue weighted by Crippen LogP contribution is 2.09. The molecule has 0 aromatic heterocycles. The van der Waals surface area contributed by atoms with Gasteiger partial charge in [0.25, 0.3) is 0 Å². The van der Waals surface area contributed by atoms with Crippen molar-refractivity contribution in [3.05, 3.63) is 0 Å². The largest absolute Gasteiger partial charge is 0.419 e. The summed E-state index contributed by atoms with van der Waals surface area (Å²) in [5, 5.41) is -0.229. The first-order valence-electron chi connectivity index (χ1n) is 1.09. The summed E-state index contributed by atoms with van der Waals surface area (Å²) in [6.07, 6.45) is -4.27. The fourth-order valence-corrected chi connectivity index (χ4v) is 0. The molecule has 0 aliphatic rings. The molecule has 0 aromatic carbocycles. The lowest BCUT2D eigenvalue weighted by Gasteiger charge is -1.90. The second-order valence-corrected chi connectivity index (χ2v) is 0.895. The van der Waals surface area contributed by atoms with E-state index >= 15 is 0 Å².